The molecular weight excluding hydrogens is 199 g/mol. The van der Waals surface area contributed by atoms with E-state index in [2.05, 4.69) is 15.4 Å². The van der Waals surface area contributed by atoms with Crippen molar-refractivity contribution in [2.75, 3.05) is 0 Å². The first-order valence-corrected chi connectivity index (χ1v) is 4.85. The van der Waals surface area contributed by atoms with E-state index in [0.717, 1.165) is 4.80 Å². The highest BCUT2D eigenvalue weighted by atomic mass is 32.3. The van der Waals surface area contributed by atoms with Gasteiger partial charge in [0.1, 0.15) is 0 Å². The molecule has 74 valence electrons. The van der Waals surface area contributed by atoms with Crippen LogP contribution >= 0.6 is 0 Å². The van der Waals surface area contributed by atoms with Gasteiger partial charge in [0, 0.05) is 0 Å². The Kier molecular flexibility index (Phi) is 2.10. The molecule has 8 heteroatoms. The fraction of sp³-hybridized carbons (Fsp3) is 0.800. The molecule has 0 amide bonds. The summed E-state index contributed by atoms with van der Waals surface area (Å²) < 4.78 is 33.0. The summed E-state index contributed by atoms with van der Waals surface area (Å²) in [4.78, 5) is 1.04. The fourth-order valence-corrected chi connectivity index (χ4v) is 0.892. The lowest BCUT2D eigenvalue weighted by atomic mass is 10.1. The zero-order valence-electron chi connectivity index (χ0n) is 7.39. The molecule has 1 heterocycles. The van der Waals surface area contributed by atoms with Crippen molar-refractivity contribution < 1.29 is 12.3 Å². The minimum Gasteiger partial charge on any atom is -0.186 e. The van der Waals surface area contributed by atoms with Crippen molar-refractivity contribution in [1.82, 2.24) is 20.2 Å². The number of hydrogen-bond acceptors (Lipinski definition) is 5. The van der Waals surface area contributed by atoms with Gasteiger partial charge in [0.25, 0.3) is 0 Å². The molecule has 1 aromatic heterocycles. The van der Waals surface area contributed by atoms with Gasteiger partial charge < -0.3 is 0 Å². The molecule has 1 rings (SSSR count). The van der Waals surface area contributed by atoms with Crippen molar-refractivity contribution in [3.63, 3.8) is 0 Å². The van der Waals surface area contributed by atoms with Crippen LogP contribution in [0.5, 0.6) is 0 Å². The Morgan fingerprint density at radius 1 is 1.38 bits per heavy atom. The Bertz CT molecular complexity index is 404. The monoisotopic (exact) mass is 208 g/mol. The number of halogens is 1. The van der Waals surface area contributed by atoms with E-state index in [4.69, 9.17) is 0 Å². The number of nitrogens with zero attached hydrogens (tertiary/aromatic N) is 4. The molecule has 0 saturated carbocycles. The van der Waals surface area contributed by atoms with Crippen LogP contribution in [0.4, 0.5) is 3.89 Å². The molecule has 13 heavy (non-hydrogen) atoms. The van der Waals surface area contributed by atoms with E-state index in [9.17, 15) is 12.3 Å². The Hall–Kier alpha value is -1.05. The molecule has 0 atom stereocenters. The van der Waals surface area contributed by atoms with Crippen LogP contribution in [0.2, 0.25) is 0 Å². The smallest absolute Gasteiger partial charge is 0.186 e. The van der Waals surface area contributed by atoms with Gasteiger partial charge in [-0.25, -0.2) is 0 Å². The van der Waals surface area contributed by atoms with Crippen molar-refractivity contribution in [3.05, 3.63) is 0 Å². The molecule has 0 fully saturated rings. The summed E-state index contributed by atoms with van der Waals surface area (Å²) in [5, 5.41) is 8.97. The van der Waals surface area contributed by atoms with Gasteiger partial charge in [-0.2, -0.15) is 13.2 Å². The van der Waals surface area contributed by atoms with Gasteiger partial charge in [-0.3, -0.25) is 0 Å². The normalized spacial score (nSPS) is 13.2. The SMILES string of the molecule is CC(C)(C)n1nnc(S(=O)(=O)F)n1. The Labute approximate surface area is 75.0 Å². The van der Waals surface area contributed by atoms with Crippen molar-refractivity contribution in [2.45, 2.75) is 31.5 Å². The van der Waals surface area contributed by atoms with Crippen molar-refractivity contribution >= 4 is 10.2 Å². The Balaban J connectivity index is 3.16. The van der Waals surface area contributed by atoms with Crippen LogP contribution in [0.15, 0.2) is 5.16 Å². The number of aromatic nitrogens is 4. The summed E-state index contributed by atoms with van der Waals surface area (Å²) >= 11 is 0. The van der Waals surface area contributed by atoms with E-state index in [-0.39, 0.29) is 0 Å². The molecule has 0 N–H and O–H groups in total. The lowest BCUT2D eigenvalue weighted by Crippen LogP contribution is -2.24. The summed E-state index contributed by atoms with van der Waals surface area (Å²) in [6.45, 7) is 5.22. The van der Waals surface area contributed by atoms with Crippen LogP contribution in [0.25, 0.3) is 0 Å². The van der Waals surface area contributed by atoms with Crippen LogP contribution in [0.3, 0.4) is 0 Å². The maximum Gasteiger partial charge on any atom is 0.371 e. The number of rotatable bonds is 1. The van der Waals surface area contributed by atoms with Crippen molar-refractivity contribution in [3.8, 4) is 0 Å². The van der Waals surface area contributed by atoms with Crippen LogP contribution in [-0.4, -0.2) is 28.6 Å². The topological polar surface area (TPSA) is 77.7 Å². The molecular formula is C5H9FN4O2S. The van der Waals surface area contributed by atoms with E-state index in [0.29, 0.717) is 0 Å². The van der Waals surface area contributed by atoms with Gasteiger partial charge in [-0.1, -0.05) is 8.98 Å². The van der Waals surface area contributed by atoms with E-state index >= 15 is 0 Å². The molecule has 0 saturated heterocycles. The first-order chi connectivity index (χ1) is 5.71. The van der Waals surface area contributed by atoms with Gasteiger partial charge in [-0.15, -0.1) is 5.10 Å². The summed E-state index contributed by atoms with van der Waals surface area (Å²) in [5.41, 5.74) is -0.518. The van der Waals surface area contributed by atoms with E-state index in [1.54, 1.807) is 20.8 Å². The third-order valence-electron chi connectivity index (χ3n) is 1.21. The molecule has 0 aliphatic rings. The first-order valence-electron chi connectivity index (χ1n) is 3.46. The predicted molar refractivity (Wildman–Crippen MR) is 41.1 cm³/mol. The molecule has 0 spiro atoms. The van der Waals surface area contributed by atoms with Crippen molar-refractivity contribution in [1.29, 1.82) is 0 Å². The maximum atomic E-state index is 12.3. The largest absolute Gasteiger partial charge is 0.371 e. The molecule has 0 bridgehead atoms. The number of hydrogen-bond donors (Lipinski definition) is 0. The first kappa shape index (κ1) is 10.0. The second-order valence-corrected chi connectivity index (χ2v) is 4.71. The van der Waals surface area contributed by atoms with Gasteiger partial charge in [0.2, 0.25) is 0 Å². The lowest BCUT2D eigenvalue weighted by molar-refractivity contribution is 0.303. The molecule has 0 aliphatic heterocycles. The summed E-state index contributed by atoms with van der Waals surface area (Å²) in [5.74, 6) is 0. The fourth-order valence-electron chi connectivity index (χ4n) is 0.583. The minimum atomic E-state index is -4.85. The van der Waals surface area contributed by atoms with E-state index < -0.39 is 20.9 Å². The van der Waals surface area contributed by atoms with Crippen LogP contribution < -0.4 is 0 Å². The second-order valence-electron chi connectivity index (χ2n) is 3.47. The zero-order valence-corrected chi connectivity index (χ0v) is 8.21. The molecule has 0 aromatic carbocycles. The highest BCUT2D eigenvalue weighted by molar-refractivity contribution is 7.86. The van der Waals surface area contributed by atoms with E-state index in [1.807, 2.05) is 0 Å². The van der Waals surface area contributed by atoms with Crippen molar-refractivity contribution in [2.24, 2.45) is 0 Å². The van der Waals surface area contributed by atoms with Gasteiger partial charge in [-0.05, 0) is 26.0 Å². The highest BCUT2D eigenvalue weighted by Crippen LogP contribution is 2.11. The van der Waals surface area contributed by atoms with Gasteiger partial charge >= 0.3 is 15.4 Å². The molecule has 0 unspecified atom stereocenters. The predicted octanol–water partition coefficient (Wildman–Crippen LogP) is 0.0863. The standard InChI is InChI=1S/C5H9FN4O2S/c1-5(2,3)10-8-4(7-9-10)13(6,11)12/h1-3H3. The zero-order chi connectivity index (χ0) is 10.3. The summed E-state index contributed by atoms with van der Waals surface area (Å²) in [7, 11) is -4.85. The molecule has 1 aromatic rings. The summed E-state index contributed by atoms with van der Waals surface area (Å²) in [6, 6.07) is 0. The van der Waals surface area contributed by atoms with Gasteiger partial charge in [0.05, 0.1) is 5.54 Å². The molecule has 0 radical (unpaired) electrons. The maximum absolute atomic E-state index is 12.3. The third kappa shape index (κ3) is 2.20. The van der Waals surface area contributed by atoms with Crippen LogP contribution in [0, 0.1) is 0 Å². The van der Waals surface area contributed by atoms with Crippen LogP contribution in [-0.2, 0) is 15.8 Å². The number of tetrazole rings is 1. The summed E-state index contributed by atoms with van der Waals surface area (Å²) in [6.07, 6.45) is 0. The Morgan fingerprint density at radius 3 is 2.15 bits per heavy atom. The Morgan fingerprint density at radius 2 is 1.92 bits per heavy atom. The van der Waals surface area contributed by atoms with Gasteiger partial charge in [0.15, 0.2) is 0 Å². The average Bonchev–Trinajstić information content (AvgIpc) is 2.28. The highest BCUT2D eigenvalue weighted by Gasteiger charge is 2.23. The average molecular weight is 208 g/mol. The second kappa shape index (κ2) is 2.72. The molecule has 6 nitrogen and oxygen atoms in total. The third-order valence-corrected chi connectivity index (χ3v) is 1.81. The minimum absolute atomic E-state index is 0.518. The lowest BCUT2D eigenvalue weighted by Gasteiger charge is -2.14. The quantitative estimate of drug-likeness (QED) is 0.611. The van der Waals surface area contributed by atoms with Crippen LogP contribution in [0.1, 0.15) is 20.8 Å². The molecule has 0 aliphatic carbocycles. The van der Waals surface area contributed by atoms with E-state index in [1.165, 1.54) is 0 Å².